The summed E-state index contributed by atoms with van der Waals surface area (Å²) in [6.07, 6.45) is 3.08. The van der Waals surface area contributed by atoms with Crippen molar-refractivity contribution in [2.24, 2.45) is 0 Å². The van der Waals surface area contributed by atoms with E-state index in [9.17, 15) is 18.4 Å². The largest absolute Gasteiger partial charge is 0.457 e. The summed E-state index contributed by atoms with van der Waals surface area (Å²) in [4.78, 5) is 22.1. The normalized spacial score (nSPS) is 17.5. The highest BCUT2D eigenvalue weighted by Crippen LogP contribution is 2.37. The van der Waals surface area contributed by atoms with Crippen LogP contribution in [0.15, 0.2) is 0 Å². The third kappa shape index (κ3) is 5.12. The number of carbonyl (C=O) groups is 2. The van der Waals surface area contributed by atoms with E-state index in [1.807, 2.05) is 0 Å². The van der Waals surface area contributed by atoms with E-state index in [2.05, 4.69) is 11.7 Å². The van der Waals surface area contributed by atoms with Crippen molar-refractivity contribution in [3.8, 4) is 0 Å². The highest BCUT2D eigenvalue weighted by atomic mass is 19.3. The number of carbonyl (C=O) groups excluding carboxylic acids is 2. The Morgan fingerprint density at radius 1 is 1.26 bits per heavy atom. The van der Waals surface area contributed by atoms with Gasteiger partial charge < -0.3 is 9.47 Å². The fourth-order valence-electron chi connectivity index (χ4n) is 2.39. The second kappa shape index (κ2) is 7.40. The summed E-state index contributed by atoms with van der Waals surface area (Å²) in [5.41, 5.74) is -0.482. The first kappa shape index (κ1) is 15.9. The van der Waals surface area contributed by atoms with Crippen LogP contribution < -0.4 is 0 Å². The second-order valence-electron chi connectivity index (χ2n) is 4.88. The van der Waals surface area contributed by atoms with Gasteiger partial charge in [0.1, 0.15) is 5.60 Å². The molecule has 0 atom stereocenters. The molecule has 1 saturated carbocycles. The molecule has 0 radical (unpaired) electrons. The van der Waals surface area contributed by atoms with Crippen LogP contribution in [0.25, 0.3) is 0 Å². The van der Waals surface area contributed by atoms with Crippen LogP contribution >= 0.6 is 0 Å². The van der Waals surface area contributed by atoms with Crippen LogP contribution in [-0.4, -0.2) is 30.6 Å². The van der Waals surface area contributed by atoms with Gasteiger partial charge in [-0.3, -0.25) is 0 Å². The van der Waals surface area contributed by atoms with Gasteiger partial charge in [0, 0.05) is 0 Å². The van der Waals surface area contributed by atoms with Gasteiger partial charge in [-0.25, -0.2) is 9.59 Å². The van der Waals surface area contributed by atoms with Crippen molar-refractivity contribution in [3.05, 3.63) is 0 Å². The molecule has 19 heavy (non-hydrogen) atoms. The molecule has 6 heteroatoms. The lowest BCUT2D eigenvalue weighted by Gasteiger charge is -2.29. The Balaban J connectivity index is 2.41. The SMILES string of the molecule is CCCCC1(OC(=O)COC(=O)C(F)F)CCCC1. The van der Waals surface area contributed by atoms with Crippen LogP contribution in [0.2, 0.25) is 0 Å². The molecule has 1 fully saturated rings. The highest BCUT2D eigenvalue weighted by molar-refractivity contribution is 5.78. The molecule has 0 heterocycles. The van der Waals surface area contributed by atoms with Crippen molar-refractivity contribution in [2.75, 3.05) is 6.61 Å². The molecular weight excluding hydrogens is 258 g/mol. The molecule has 0 amide bonds. The lowest BCUT2D eigenvalue weighted by Crippen LogP contribution is -2.34. The molecule has 0 spiro atoms. The Morgan fingerprint density at radius 2 is 1.89 bits per heavy atom. The fraction of sp³-hybridized carbons (Fsp3) is 0.846. The van der Waals surface area contributed by atoms with Crippen LogP contribution in [0, 0.1) is 0 Å². The third-order valence-electron chi connectivity index (χ3n) is 3.34. The van der Waals surface area contributed by atoms with Crippen LogP contribution in [0.1, 0.15) is 51.9 Å². The first-order valence-corrected chi connectivity index (χ1v) is 6.66. The van der Waals surface area contributed by atoms with Crippen LogP contribution in [0.4, 0.5) is 8.78 Å². The van der Waals surface area contributed by atoms with Crippen molar-refractivity contribution < 1.29 is 27.8 Å². The molecule has 110 valence electrons. The summed E-state index contributed by atoms with van der Waals surface area (Å²) in [6.45, 7) is 1.31. The number of halogens is 2. The summed E-state index contributed by atoms with van der Waals surface area (Å²) >= 11 is 0. The predicted molar refractivity (Wildman–Crippen MR) is 63.8 cm³/mol. The van der Waals surface area contributed by atoms with Gasteiger partial charge in [0.25, 0.3) is 0 Å². The molecule has 0 aliphatic heterocycles. The maximum atomic E-state index is 11.9. The maximum Gasteiger partial charge on any atom is 0.374 e. The van der Waals surface area contributed by atoms with Gasteiger partial charge >= 0.3 is 18.4 Å². The smallest absolute Gasteiger partial charge is 0.374 e. The third-order valence-corrected chi connectivity index (χ3v) is 3.34. The van der Waals surface area contributed by atoms with E-state index < -0.39 is 30.6 Å². The minimum absolute atomic E-state index is 0.482. The van der Waals surface area contributed by atoms with Crippen LogP contribution in [0.5, 0.6) is 0 Å². The average molecular weight is 278 g/mol. The van der Waals surface area contributed by atoms with E-state index in [0.29, 0.717) is 0 Å². The van der Waals surface area contributed by atoms with Gasteiger partial charge in [0.05, 0.1) is 0 Å². The second-order valence-corrected chi connectivity index (χ2v) is 4.88. The van der Waals surface area contributed by atoms with Crippen molar-refractivity contribution in [1.82, 2.24) is 0 Å². The summed E-state index contributed by atoms with van der Waals surface area (Å²) in [5, 5.41) is 0. The molecule has 1 rings (SSSR count). The van der Waals surface area contributed by atoms with E-state index in [0.717, 1.165) is 44.9 Å². The Hall–Kier alpha value is -1.20. The first-order valence-electron chi connectivity index (χ1n) is 6.66. The summed E-state index contributed by atoms with van der Waals surface area (Å²) in [7, 11) is 0. The van der Waals surface area contributed by atoms with Gasteiger partial charge in [-0.2, -0.15) is 8.78 Å². The topological polar surface area (TPSA) is 52.6 Å². The molecule has 1 aliphatic rings. The number of hydrogen-bond donors (Lipinski definition) is 0. The summed E-state index contributed by atoms with van der Waals surface area (Å²) in [6, 6.07) is 0. The molecule has 0 unspecified atom stereocenters. The van der Waals surface area contributed by atoms with Crippen molar-refractivity contribution >= 4 is 11.9 Å². The molecule has 4 nitrogen and oxygen atoms in total. The predicted octanol–water partition coefficient (Wildman–Crippen LogP) is 2.84. The molecule has 0 saturated heterocycles. The lowest BCUT2D eigenvalue weighted by atomic mass is 9.95. The average Bonchev–Trinajstić information content (AvgIpc) is 2.82. The fourth-order valence-corrected chi connectivity index (χ4v) is 2.39. The van der Waals surface area contributed by atoms with Crippen LogP contribution in [0.3, 0.4) is 0 Å². The monoisotopic (exact) mass is 278 g/mol. The standard InChI is InChI=1S/C13H20F2O4/c1-2-3-6-13(7-4-5-8-13)19-10(16)9-18-12(17)11(14)15/h11H,2-9H2,1H3. The van der Waals surface area contributed by atoms with E-state index in [4.69, 9.17) is 4.74 Å². The summed E-state index contributed by atoms with van der Waals surface area (Å²) < 4.78 is 33.3. The quantitative estimate of drug-likeness (QED) is 0.672. The minimum atomic E-state index is -3.21. The summed E-state index contributed by atoms with van der Waals surface area (Å²) in [5.74, 6) is -2.43. The Labute approximate surface area is 111 Å². The van der Waals surface area contributed by atoms with Gasteiger partial charge in [-0.15, -0.1) is 0 Å². The maximum absolute atomic E-state index is 11.9. The van der Waals surface area contributed by atoms with E-state index >= 15 is 0 Å². The Bertz CT molecular complexity index is 312. The van der Waals surface area contributed by atoms with E-state index in [-0.39, 0.29) is 0 Å². The van der Waals surface area contributed by atoms with Crippen molar-refractivity contribution in [2.45, 2.75) is 63.9 Å². The molecular formula is C13H20F2O4. The zero-order valence-electron chi connectivity index (χ0n) is 11.1. The van der Waals surface area contributed by atoms with Gasteiger partial charge in [0.15, 0.2) is 6.61 Å². The molecule has 1 aliphatic carbocycles. The Morgan fingerprint density at radius 3 is 2.42 bits per heavy atom. The number of unbranched alkanes of at least 4 members (excludes halogenated alkanes) is 1. The zero-order chi connectivity index (χ0) is 14.3. The molecule has 0 bridgehead atoms. The van der Waals surface area contributed by atoms with Gasteiger partial charge in [-0.1, -0.05) is 13.3 Å². The number of esters is 2. The zero-order valence-corrected chi connectivity index (χ0v) is 11.1. The van der Waals surface area contributed by atoms with Gasteiger partial charge in [-0.05, 0) is 38.5 Å². The van der Waals surface area contributed by atoms with Crippen molar-refractivity contribution in [1.29, 1.82) is 0 Å². The van der Waals surface area contributed by atoms with E-state index in [1.165, 1.54) is 0 Å². The lowest BCUT2D eigenvalue weighted by molar-refractivity contribution is -0.174. The minimum Gasteiger partial charge on any atom is -0.457 e. The van der Waals surface area contributed by atoms with E-state index in [1.54, 1.807) is 0 Å². The number of rotatable bonds is 7. The van der Waals surface area contributed by atoms with Crippen LogP contribution in [-0.2, 0) is 19.1 Å². The molecule has 0 N–H and O–H groups in total. The Kier molecular flexibility index (Phi) is 6.18. The number of hydrogen-bond acceptors (Lipinski definition) is 4. The molecule has 0 aromatic rings. The number of alkyl halides is 2. The van der Waals surface area contributed by atoms with Crippen molar-refractivity contribution in [3.63, 3.8) is 0 Å². The molecule has 0 aromatic carbocycles. The first-order chi connectivity index (χ1) is 8.99. The number of ether oxygens (including phenoxy) is 2. The van der Waals surface area contributed by atoms with Gasteiger partial charge in [0.2, 0.25) is 0 Å². The highest BCUT2D eigenvalue weighted by Gasteiger charge is 2.37. The molecule has 0 aromatic heterocycles.